The van der Waals surface area contributed by atoms with Crippen LogP contribution in [0, 0.1) is 23.3 Å². The first-order chi connectivity index (χ1) is 31.0. The van der Waals surface area contributed by atoms with Gasteiger partial charge in [-0.2, -0.15) is 0 Å². The summed E-state index contributed by atoms with van der Waals surface area (Å²) in [4.78, 5) is 10.0. The third-order valence-electron chi connectivity index (χ3n) is 11.8. The molecule has 327 valence electrons. The fourth-order valence-electron chi connectivity index (χ4n) is 8.92. The Kier molecular flexibility index (Phi) is 13.9. The molecule has 0 saturated carbocycles. The minimum absolute atomic E-state index is 0. The molecule has 1 radical (unpaired) electrons. The van der Waals surface area contributed by atoms with Gasteiger partial charge in [0.05, 0.1) is 30.6 Å². The first-order valence-electron chi connectivity index (χ1n) is 22.6. The molecule has 0 bridgehead atoms. The number of aromatic nitrogens is 3. The van der Waals surface area contributed by atoms with Gasteiger partial charge >= 0.3 is 0 Å². The molecule has 0 unspecified atom stereocenters. The zero-order valence-electron chi connectivity index (χ0n) is 38.3. The summed E-state index contributed by atoms with van der Waals surface area (Å²) in [5, 5.41) is 8.91. The summed E-state index contributed by atoms with van der Waals surface area (Å²) in [5.41, 5.74) is 13.9. The smallest absolute Gasteiger partial charge is 0.0798 e. The van der Waals surface area contributed by atoms with E-state index in [0.717, 1.165) is 52.2 Å². The summed E-state index contributed by atoms with van der Waals surface area (Å²) < 4.78 is 3.60. The standard InChI is InChI=1S/C41H31N2S.C18H24NSi.Ir/c1-27(2)22-28-20-21-31-24-35-36(26-44-39(35)25-32(31)23-28)41-42-37-18-9-10-19-38(37)43(41)40-33(29-12-5-3-6-13-29)16-11-17-34(40)30-14-7-4-8-15-30;1-14(2)11-16-12-17(15-9-7-6-8-10-15)19-13-18(16)20(3,4)5;/h3-21,23-25,27H,22H2,1-2H3;6-9,12-14H,11H2,1-5H3;/q2*-1;. The van der Waals surface area contributed by atoms with Gasteiger partial charge in [-0.25, -0.2) is 0 Å². The van der Waals surface area contributed by atoms with E-state index < -0.39 is 8.07 Å². The molecule has 3 nitrogen and oxygen atoms in total. The van der Waals surface area contributed by atoms with Crippen LogP contribution in [0.1, 0.15) is 38.8 Å². The Hall–Kier alpha value is -5.75. The maximum atomic E-state index is 5.32. The number of hydrogen-bond acceptors (Lipinski definition) is 3. The van der Waals surface area contributed by atoms with Gasteiger partial charge in [-0.1, -0.05) is 196 Å². The zero-order valence-corrected chi connectivity index (χ0v) is 42.5. The molecule has 3 heterocycles. The molecule has 0 saturated heterocycles. The quantitative estimate of drug-likeness (QED) is 0.101. The summed E-state index contributed by atoms with van der Waals surface area (Å²) >= 11 is 1.68. The monoisotopic (exact) mass is 1060 g/mol. The van der Waals surface area contributed by atoms with E-state index in [0.29, 0.717) is 11.8 Å². The second-order valence-electron chi connectivity index (χ2n) is 18.8. The van der Waals surface area contributed by atoms with Crippen LogP contribution in [0.2, 0.25) is 19.6 Å². The predicted octanol–water partition coefficient (Wildman–Crippen LogP) is 15.7. The molecular weight excluding hydrogens is 1000 g/mol. The molecule has 65 heavy (non-hydrogen) atoms. The summed E-state index contributed by atoms with van der Waals surface area (Å²) in [6.07, 6.45) is 4.33. The van der Waals surface area contributed by atoms with Crippen molar-refractivity contribution in [1.82, 2.24) is 14.5 Å². The van der Waals surface area contributed by atoms with Gasteiger partial charge in [-0.15, -0.1) is 41.3 Å². The van der Waals surface area contributed by atoms with E-state index in [9.17, 15) is 0 Å². The van der Waals surface area contributed by atoms with E-state index in [1.807, 2.05) is 18.2 Å². The number of rotatable bonds is 10. The number of thiophene rings is 1. The molecule has 7 aromatic carbocycles. The van der Waals surface area contributed by atoms with Gasteiger partial charge in [0.25, 0.3) is 0 Å². The molecule has 0 N–H and O–H groups in total. The van der Waals surface area contributed by atoms with Crippen molar-refractivity contribution >= 4 is 56.5 Å². The van der Waals surface area contributed by atoms with Crippen LogP contribution in [-0.4, -0.2) is 22.6 Å². The molecular formula is C59H55IrN3SSi-2. The van der Waals surface area contributed by atoms with Crippen molar-refractivity contribution in [2.75, 3.05) is 0 Å². The third-order valence-corrected chi connectivity index (χ3v) is 14.7. The predicted molar refractivity (Wildman–Crippen MR) is 278 cm³/mol. The van der Waals surface area contributed by atoms with Crippen LogP contribution in [0.5, 0.6) is 0 Å². The Labute approximate surface area is 403 Å². The molecule has 0 aliphatic carbocycles. The zero-order chi connectivity index (χ0) is 44.4. The van der Waals surface area contributed by atoms with Crippen LogP contribution in [0.15, 0.2) is 170 Å². The number of benzene rings is 7. The Bertz CT molecular complexity index is 3140. The first kappa shape index (κ1) is 45.8. The Morgan fingerprint density at radius 1 is 0.646 bits per heavy atom. The average molecular weight is 1060 g/mol. The van der Waals surface area contributed by atoms with Crippen molar-refractivity contribution in [2.24, 2.45) is 11.8 Å². The molecule has 0 amide bonds. The number of nitrogens with zero attached hydrogens (tertiary/aromatic N) is 3. The van der Waals surface area contributed by atoms with Gasteiger partial charge in [0, 0.05) is 37.4 Å². The Morgan fingerprint density at radius 3 is 1.95 bits per heavy atom. The van der Waals surface area contributed by atoms with Gasteiger partial charge in [0.2, 0.25) is 0 Å². The minimum Gasteiger partial charge on any atom is -0.332 e. The van der Waals surface area contributed by atoms with E-state index in [4.69, 9.17) is 4.98 Å². The van der Waals surface area contributed by atoms with E-state index in [2.05, 4.69) is 220 Å². The second-order valence-corrected chi connectivity index (χ2v) is 24.6. The fourth-order valence-corrected chi connectivity index (χ4v) is 11.4. The van der Waals surface area contributed by atoms with Crippen molar-refractivity contribution in [2.45, 2.75) is 60.2 Å². The summed E-state index contributed by atoms with van der Waals surface area (Å²) in [6.45, 7) is 16.3. The largest absolute Gasteiger partial charge is 0.332 e. The van der Waals surface area contributed by atoms with Crippen LogP contribution in [0.4, 0.5) is 0 Å². The summed E-state index contributed by atoms with van der Waals surface area (Å²) in [6, 6.07) is 61.6. The van der Waals surface area contributed by atoms with Crippen molar-refractivity contribution in [3.05, 3.63) is 193 Å². The van der Waals surface area contributed by atoms with Crippen LogP contribution in [-0.2, 0) is 32.9 Å². The van der Waals surface area contributed by atoms with Gasteiger partial charge < -0.3 is 9.55 Å². The molecule has 10 rings (SSSR count). The summed E-state index contributed by atoms with van der Waals surface area (Å²) in [7, 11) is -1.34. The second kappa shape index (κ2) is 19.8. The molecule has 0 fully saturated rings. The van der Waals surface area contributed by atoms with Crippen molar-refractivity contribution in [3.63, 3.8) is 0 Å². The number of imidazole rings is 1. The van der Waals surface area contributed by atoms with Crippen molar-refractivity contribution in [3.8, 4) is 50.6 Å². The van der Waals surface area contributed by atoms with Crippen LogP contribution in [0.3, 0.4) is 0 Å². The van der Waals surface area contributed by atoms with Crippen LogP contribution in [0.25, 0.3) is 82.5 Å². The molecule has 0 aliphatic rings. The van der Waals surface area contributed by atoms with E-state index in [-0.39, 0.29) is 20.1 Å². The Balaban J connectivity index is 0.000000232. The fraction of sp³-hybridized carbons (Fsp3) is 0.186. The summed E-state index contributed by atoms with van der Waals surface area (Å²) in [5.74, 6) is 2.21. The first-order valence-corrected chi connectivity index (χ1v) is 26.9. The van der Waals surface area contributed by atoms with Gasteiger partial charge in [-0.3, -0.25) is 16.3 Å². The molecule has 3 aromatic heterocycles. The SMILES string of the molecule is CC(C)Cc1cc(-c2[c-]cccc2)ncc1[Si](C)(C)C.CC(C)Cc1ccc2cc3c(-c4nc5ccccc5n4-c4c(-c5ccccc5)cccc4-c4ccccc4)[c-]sc3cc2c1.[Ir]. The topological polar surface area (TPSA) is 30.7 Å². The normalized spacial score (nSPS) is 11.6. The average Bonchev–Trinajstić information content (AvgIpc) is 3.89. The maximum absolute atomic E-state index is 5.32. The van der Waals surface area contributed by atoms with Gasteiger partial charge in [0.15, 0.2) is 0 Å². The maximum Gasteiger partial charge on any atom is 0.0798 e. The van der Waals surface area contributed by atoms with Gasteiger partial charge in [0.1, 0.15) is 0 Å². The molecule has 0 atom stereocenters. The molecule has 0 aliphatic heterocycles. The molecule has 10 aromatic rings. The number of para-hydroxylation sites is 3. The number of hydrogen-bond donors (Lipinski definition) is 0. The van der Waals surface area contributed by atoms with E-state index >= 15 is 0 Å². The van der Waals surface area contributed by atoms with E-state index in [1.165, 1.54) is 59.4 Å². The van der Waals surface area contributed by atoms with Crippen molar-refractivity contribution in [1.29, 1.82) is 0 Å². The van der Waals surface area contributed by atoms with Crippen molar-refractivity contribution < 1.29 is 20.1 Å². The number of fused-ring (bicyclic) bond motifs is 3. The molecule has 6 heteroatoms. The van der Waals surface area contributed by atoms with Gasteiger partial charge in [-0.05, 0) is 75.2 Å². The molecule has 0 spiro atoms. The Morgan fingerprint density at radius 2 is 1.31 bits per heavy atom. The van der Waals surface area contributed by atoms with E-state index in [1.54, 1.807) is 11.3 Å². The number of pyridine rings is 1. The third kappa shape index (κ3) is 9.93. The van der Waals surface area contributed by atoms with Crippen LogP contribution >= 0.6 is 11.3 Å². The van der Waals surface area contributed by atoms with Crippen LogP contribution < -0.4 is 5.19 Å². The minimum atomic E-state index is -1.34.